The molecule has 0 saturated carbocycles. The molecule has 0 spiro atoms. The van der Waals surface area contributed by atoms with Crippen molar-refractivity contribution >= 4 is 60.9 Å². The molecule has 44 heavy (non-hydrogen) atoms. The Morgan fingerprint density at radius 2 is 1.23 bits per heavy atom. The van der Waals surface area contributed by atoms with Crippen molar-refractivity contribution in [3.8, 4) is 21.7 Å². The lowest BCUT2D eigenvalue weighted by Gasteiger charge is -2.33. The number of hydrogen-bond acceptors (Lipinski definition) is 6. The Labute approximate surface area is 264 Å². The number of fused-ring (bicyclic) bond motifs is 3. The quantitative estimate of drug-likeness (QED) is 0.191. The molecule has 0 unspecified atom stereocenters. The smallest absolute Gasteiger partial charge is 0.206 e. The highest BCUT2D eigenvalue weighted by Gasteiger charge is 2.27. The van der Waals surface area contributed by atoms with E-state index in [1.807, 2.05) is 18.2 Å². The topological polar surface area (TPSA) is 50.3 Å². The third-order valence-corrected chi connectivity index (χ3v) is 11.6. The van der Waals surface area contributed by atoms with Gasteiger partial charge in [-0.2, -0.15) is 0 Å². The molecule has 3 heterocycles. The van der Waals surface area contributed by atoms with Gasteiger partial charge in [-0.3, -0.25) is 0 Å². The third-order valence-electron chi connectivity index (χ3n) is 7.79. The van der Waals surface area contributed by atoms with Crippen molar-refractivity contribution in [3.63, 3.8) is 0 Å². The van der Waals surface area contributed by atoms with E-state index in [9.17, 15) is 8.42 Å². The number of sulfone groups is 1. The molecule has 5 aromatic carbocycles. The van der Waals surface area contributed by atoms with Crippen LogP contribution in [0.25, 0.3) is 32.6 Å². The maximum Gasteiger partial charge on any atom is 0.206 e. The van der Waals surface area contributed by atoms with Crippen LogP contribution in [0.5, 0.6) is 0 Å². The zero-order valence-corrected chi connectivity index (χ0v) is 25.7. The number of benzene rings is 5. The van der Waals surface area contributed by atoms with E-state index in [4.69, 9.17) is 4.98 Å². The van der Waals surface area contributed by atoms with Crippen LogP contribution in [0.15, 0.2) is 164 Å². The molecule has 0 fully saturated rings. The van der Waals surface area contributed by atoms with Crippen LogP contribution in [0.1, 0.15) is 0 Å². The van der Waals surface area contributed by atoms with Crippen LogP contribution >= 0.6 is 23.1 Å². The number of aromatic nitrogens is 1. The van der Waals surface area contributed by atoms with Crippen LogP contribution in [0, 0.1) is 0 Å². The van der Waals surface area contributed by atoms with Gasteiger partial charge in [-0.05, 0) is 72.1 Å². The van der Waals surface area contributed by atoms with Gasteiger partial charge in [0, 0.05) is 31.2 Å². The van der Waals surface area contributed by atoms with Crippen molar-refractivity contribution in [1.82, 2.24) is 4.98 Å². The van der Waals surface area contributed by atoms with Crippen molar-refractivity contribution in [2.75, 3.05) is 4.90 Å². The highest BCUT2D eigenvalue weighted by atomic mass is 32.2. The highest BCUT2D eigenvalue weighted by Crippen LogP contribution is 2.52. The summed E-state index contributed by atoms with van der Waals surface area (Å²) in [6.45, 7) is 0. The number of hydrogen-bond donors (Lipinski definition) is 0. The van der Waals surface area contributed by atoms with E-state index in [0.29, 0.717) is 0 Å². The molecule has 1 aliphatic heterocycles. The fourth-order valence-electron chi connectivity index (χ4n) is 5.70. The predicted octanol–water partition coefficient (Wildman–Crippen LogP) is 10.4. The van der Waals surface area contributed by atoms with Gasteiger partial charge in [-0.15, -0.1) is 11.3 Å². The molecule has 4 nitrogen and oxygen atoms in total. The Balaban J connectivity index is 1.33. The number of thiophene rings is 1. The Kier molecular flexibility index (Phi) is 6.60. The summed E-state index contributed by atoms with van der Waals surface area (Å²) in [6.07, 6.45) is 0. The molecule has 0 radical (unpaired) electrons. The van der Waals surface area contributed by atoms with Crippen LogP contribution in [0.4, 0.5) is 17.1 Å². The summed E-state index contributed by atoms with van der Waals surface area (Å²) < 4.78 is 26.5. The second-order valence-corrected chi connectivity index (χ2v) is 14.4. The first-order valence-corrected chi connectivity index (χ1v) is 17.3. The summed E-state index contributed by atoms with van der Waals surface area (Å²) in [5.74, 6) is 0. The molecule has 7 aromatic rings. The molecular formula is C37H24N2O2S3. The van der Waals surface area contributed by atoms with E-state index in [1.165, 1.54) is 9.79 Å². The third kappa shape index (κ3) is 4.52. The molecule has 7 heteroatoms. The number of para-hydroxylation sites is 3. The fourth-order valence-corrected chi connectivity index (χ4v) is 8.80. The Bertz CT molecular complexity index is 2220. The van der Waals surface area contributed by atoms with E-state index < -0.39 is 9.84 Å². The largest absolute Gasteiger partial charge is 0.306 e. The van der Waals surface area contributed by atoms with Crippen molar-refractivity contribution in [1.29, 1.82) is 0 Å². The second-order valence-electron chi connectivity index (χ2n) is 10.4. The highest BCUT2D eigenvalue weighted by molar-refractivity contribution is 7.99. The molecular weight excluding hydrogens is 601 g/mol. The lowest BCUT2D eigenvalue weighted by Crippen LogP contribution is -2.15. The normalized spacial score (nSPS) is 12.6. The van der Waals surface area contributed by atoms with Gasteiger partial charge < -0.3 is 4.90 Å². The summed E-state index contributed by atoms with van der Waals surface area (Å²) in [5.41, 5.74) is 6.83. The zero-order chi connectivity index (χ0) is 29.7. The molecule has 0 atom stereocenters. The lowest BCUT2D eigenvalue weighted by molar-refractivity contribution is 0.596. The van der Waals surface area contributed by atoms with Crippen molar-refractivity contribution in [2.24, 2.45) is 0 Å². The van der Waals surface area contributed by atoms with Crippen LogP contribution in [0.3, 0.4) is 0 Å². The van der Waals surface area contributed by atoms with Gasteiger partial charge in [0.25, 0.3) is 0 Å². The van der Waals surface area contributed by atoms with Crippen molar-refractivity contribution < 1.29 is 8.42 Å². The molecule has 8 rings (SSSR count). The predicted molar refractivity (Wildman–Crippen MR) is 181 cm³/mol. The first kappa shape index (κ1) is 26.9. The van der Waals surface area contributed by atoms with Crippen molar-refractivity contribution in [3.05, 3.63) is 145 Å². The summed E-state index contributed by atoms with van der Waals surface area (Å²) in [6, 6.07) is 45.2. The minimum absolute atomic E-state index is 0.256. The molecule has 0 bridgehead atoms. The number of anilines is 3. The lowest BCUT2D eigenvalue weighted by atomic mass is 10.0. The maximum absolute atomic E-state index is 13.3. The van der Waals surface area contributed by atoms with E-state index in [2.05, 4.69) is 95.2 Å². The van der Waals surface area contributed by atoms with Gasteiger partial charge in [-0.25, -0.2) is 13.4 Å². The first-order valence-electron chi connectivity index (χ1n) is 14.1. The summed E-state index contributed by atoms with van der Waals surface area (Å²) in [4.78, 5) is 11.7. The standard InChI is InChI=1S/C37H24N2O2S3/c40-44(41,26-10-2-1-3-11-26)27-21-19-25(20-22-27)30-24-29(34-18-9-23-42-34)28-12-8-15-33(37(28)38-30)39-31-13-4-6-16-35(31)43-36-17-7-5-14-32(36)39/h1-24H. The Hall–Kier alpha value is -4.69. The van der Waals surface area contributed by atoms with Gasteiger partial charge in [0.2, 0.25) is 9.84 Å². The van der Waals surface area contributed by atoms with Crippen LogP contribution in [-0.2, 0) is 9.84 Å². The minimum atomic E-state index is -3.62. The van der Waals surface area contributed by atoms with Crippen LogP contribution in [0.2, 0.25) is 0 Å². The SMILES string of the molecule is O=S(=O)(c1ccccc1)c1ccc(-c2cc(-c3cccs3)c3cccc(N4c5ccccc5Sc5ccccc54)c3n2)cc1. The molecule has 212 valence electrons. The minimum Gasteiger partial charge on any atom is -0.306 e. The van der Waals surface area contributed by atoms with Gasteiger partial charge >= 0.3 is 0 Å². The number of nitrogens with zero attached hydrogens (tertiary/aromatic N) is 2. The van der Waals surface area contributed by atoms with Crippen LogP contribution in [-0.4, -0.2) is 13.4 Å². The van der Waals surface area contributed by atoms with Gasteiger partial charge in [0.05, 0.1) is 38.1 Å². The first-order chi connectivity index (χ1) is 21.6. The summed E-state index contributed by atoms with van der Waals surface area (Å²) in [7, 11) is -3.62. The molecule has 2 aromatic heterocycles. The van der Waals surface area contributed by atoms with Crippen LogP contribution < -0.4 is 4.90 Å². The van der Waals surface area contributed by atoms with Gasteiger partial charge in [0.1, 0.15) is 0 Å². The number of pyridine rings is 1. The maximum atomic E-state index is 13.3. The van der Waals surface area contributed by atoms with Gasteiger partial charge in [0.15, 0.2) is 0 Å². The molecule has 0 N–H and O–H groups in total. The summed E-state index contributed by atoms with van der Waals surface area (Å²) in [5, 5.41) is 3.15. The molecule has 0 saturated heterocycles. The molecule has 0 amide bonds. The fraction of sp³-hybridized carbons (Fsp3) is 0. The van der Waals surface area contributed by atoms with Crippen molar-refractivity contribution in [2.45, 2.75) is 19.6 Å². The number of rotatable bonds is 5. The molecule has 1 aliphatic rings. The second kappa shape index (κ2) is 10.8. The average molecular weight is 625 g/mol. The van der Waals surface area contributed by atoms with E-state index in [0.717, 1.165) is 49.7 Å². The van der Waals surface area contributed by atoms with E-state index in [-0.39, 0.29) is 9.79 Å². The zero-order valence-electron chi connectivity index (χ0n) is 23.3. The average Bonchev–Trinajstić information content (AvgIpc) is 3.62. The molecule has 0 aliphatic carbocycles. The van der Waals surface area contributed by atoms with E-state index in [1.54, 1.807) is 59.5 Å². The van der Waals surface area contributed by atoms with Gasteiger partial charge in [-0.1, -0.05) is 84.6 Å². The Morgan fingerprint density at radius 1 is 0.591 bits per heavy atom. The monoisotopic (exact) mass is 624 g/mol. The summed E-state index contributed by atoms with van der Waals surface area (Å²) >= 11 is 3.47. The van der Waals surface area contributed by atoms with E-state index >= 15 is 0 Å². The Morgan fingerprint density at radius 3 is 1.91 bits per heavy atom.